The maximum atomic E-state index is 12.4. The highest BCUT2D eigenvalue weighted by atomic mass is 32.2. The third kappa shape index (κ3) is 4.51. The van der Waals surface area contributed by atoms with E-state index in [0.29, 0.717) is 28.7 Å². The van der Waals surface area contributed by atoms with E-state index in [9.17, 15) is 13.2 Å². The Morgan fingerprint density at radius 1 is 1.13 bits per heavy atom. The molecule has 4 aromatic rings. The number of rotatable bonds is 7. The molecule has 154 valence electrons. The van der Waals surface area contributed by atoms with E-state index < -0.39 is 16.9 Å². The quantitative estimate of drug-likeness (QED) is 0.360. The Hall–Kier alpha value is -2.80. The fourth-order valence-corrected chi connectivity index (χ4v) is 4.73. The number of aryl methyl sites for hydroxylation is 1. The fraction of sp³-hybridized carbons (Fsp3) is 0.167. The zero-order chi connectivity index (χ0) is 21.1. The molecule has 3 aromatic heterocycles. The van der Waals surface area contributed by atoms with Crippen LogP contribution < -0.4 is 10.0 Å². The average molecular weight is 461 g/mol. The van der Waals surface area contributed by atoms with Crippen LogP contribution in [0.2, 0.25) is 0 Å². The van der Waals surface area contributed by atoms with Gasteiger partial charge >= 0.3 is 0 Å². The normalized spacial score (nSPS) is 12.3. The summed E-state index contributed by atoms with van der Waals surface area (Å²) in [4.78, 5) is 21.7. The number of pyridine rings is 1. The predicted molar refractivity (Wildman–Crippen MR) is 115 cm³/mol. The lowest BCUT2D eigenvalue weighted by Gasteiger charge is -2.16. The highest BCUT2D eigenvalue weighted by Gasteiger charge is 2.20. The maximum Gasteiger partial charge on any atom is 0.270 e. The van der Waals surface area contributed by atoms with Gasteiger partial charge in [-0.2, -0.15) is 8.75 Å². The molecule has 0 fully saturated rings. The van der Waals surface area contributed by atoms with Gasteiger partial charge in [0, 0.05) is 22.8 Å². The van der Waals surface area contributed by atoms with Crippen molar-refractivity contribution < 1.29 is 13.2 Å². The number of nitrogens with one attached hydrogen (secondary N) is 2. The Morgan fingerprint density at radius 3 is 2.70 bits per heavy atom. The van der Waals surface area contributed by atoms with Crippen LogP contribution in [0.1, 0.15) is 37.5 Å². The monoisotopic (exact) mass is 460 g/mol. The number of hydrogen-bond donors (Lipinski definition) is 3. The lowest BCUT2D eigenvalue weighted by Crippen LogP contribution is -2.24. The zero-order valence-electron chi connectivity index (χ0n) is 15.6. The minimum Gasteiger partial charge on any atom is -0.346 e. The molecule has 2 N–H and O–H groups in total. The number of carbonyl (C=O) groups is 1. The molecule has 0 saturated carbocycles. The molecule has 1 unspecified atom stereocenters. The van der Waals surface area contributed by atoms with Gasteiger partial charge in [-0.25, -0.2) is 18.1 Å². The summed E-state index contributed by atoms with van der Waals surface area (Å²) in [6.07, 6.45) is 3.21. The van der Waals surface area contributed by atoms with Crippen LogP contribution in [0, 0.1) is 6.92 Å². The van der Waals surface area contributed by atoms with Crippen molar-refractivity contribution in [2.45, 2.75) is 19.5 Å². The highest BCUT2D eigenvalue weighted by Crippen LogP contribution is 2.28. The standard InChI is InChI=1S/C18H16N6O3S3/c1-10-19-8-12(28-10)9-21-18(25)15-6-5-11(7-20-15)16(24-30(26)27)13-3-2-4-14-17(13)23-29-22-14/h2-8,16,30H,9H2,1H3,(H,21,25)(H,24,26,27). The van der Waals surface area contributed by atoms with E-state index in [4.69, 9.17) is 0 Å². The van der Waals surface area contributed by atoms with E-state index in [1.54, 1.807) is 30.5 Å². The van der Waals surface area contributed by atoms with Crippen LogP contribution in [0.25, 0.3) is 11.0 Å². The Bertz CT molecular complexity index is 1260. The van der Waals surface area contributed by atoms with Crippen molar-refractivity contribution in [1.82, 2.24) is 28.8 Å². The molecule has 0 radical (unpaired) electrons. The van der Waals surface area contributed by atoms with E-state index in [-0.39, 0.29) is 11.6 Å². The Morgan fingerprint density at radius 2 is 2.00 bits per heavy atom. The van der Waals surface area contributed by atoms with Crippen LogP contribution in [0.5, 0.6) is 0 Å². The van der Waals surface area contributed by atoms with Crippen LogP contribution in [-0.2, 0) is 17.4 Å². The second-order valence-electron chi connectivity index (χ2n) is 6.30. The molecular formula is C18H16N6O3S3. The third-order valence-corrected chi connectivity index (χ3v) is 6.23. The van der Waals surface area contributed by atoms with Gasteiger partial charge in [0.05, 0.1) is 29.3 Å². The van der Waals surface area contributed by atoms with Crippen LogP contribution in [0.15, 0.2) is 42.7 Å². The first kappa shape index (κ1) is 20.5. The van der Waals surface area contributed by atoms with Gasteiger partial charge in [-0.1, -0.05) is 18.2 Å². The van der Waals surface area contributed by atoms with Crippen molar-refractivity contribution >= 4 is 50.9 Å². The summed E-state index contributed by atoms with van der Waals surface area (Å²) >= 11 is 2.57. The highest BCUT2D eigenvalue weighted by molar-refractivity contribution is 7.70. The van der Waals surface area contributed by atoms with Gasteiger partial charge in [-0.3, -0.25) is 9.78 Å². The summed E-state index contributed by atoms with van der Waals surface area (Å²) in [5, 5.41) is 3.73. The predicted octanol–water partition coefficient (Wildman–Crippen LogP) is 1.99. The summed E-state index contributed by atoms with van der Waals surface area (Å²) < 4.78 is 33.9. The fourth-order valence-electron chi connectivity index (χ4n) is 2.94. The van der Waals surface area contributed by atoms with Crippen LogP contribution in [0.3, 0.4) is 0 Å². The Labute approximate surface area is 181 Å². The number of nitrogens with zero attached hydrogens (tertiary/aromatic N) is 4. The molecule has 9 nitrogen and oxygen atoms in total. The number of hydrogen-bond acceptors (Lipinski definition) is 9. The van der Waals surface area contributed by atoms with Crippen molar-refractivity contribution in [2.24, 2.45) is 0 Å². The molecule has 0 aliphatic carbocycles. The van der Waals surface area contributed by atoms with E-state index >= 15 is 0 Å². The molecule has 4 rings (SSSR count). The van der Waals surface area contributed by atoms with Crippen molar-refractivity contribution in [3.63, 3.8) is 0 Å². The first-order valence-electron chi connectivity index (χ1n) is 8.78. The van der Waals surface area contributed by atoms with Crippen LogP contribution in [0.4, 0.5) is 0 Å². The SMILES string of the molecule is Cc1ncc(CNC(=O)c2ccc(C(N[SH](=O)=O)c3cccc4nsnc34)cn2)s1. The van der Waals surface area contributed by atoms with E-state index in [1.807, 2.05) is 13.0 Å². The number of carbonyl (C=O) groups excluding carboxylic acids is 1. The number of thiazole rings is 1. The number of aromatic nitrogens is 4. The zero-order valence-corrected chi connectivity index (χ0v) is 18.1. The first-order chi connectivity index (χ1) is 14.5. The van der Waals surface area contributed by atoms with Crippen LogP contribution >= 0.6 is 23.1 Å². The lowest BCUT2D eigenvalue weighted by atomic mass is 9.99. The van der Waals surface area contributed by atoms with E-state index in [2.05, 4.69) is 28.8 Å². The van der Waals surface area contributed by atoms with Crippen LogP contribution in [-0.4, -0.2) is 33.0 Å². The molecule has 1 amide bonds. The molecule has 0 saturated heterocycles. The number of thiol groups is 1. The van der Waals surface area contributed by atoms with E-state index in [1.165, 1.54) is 17.5 Å². The van der Waals surface area contributed by atoms with E-state index in [0.717, 1.165) is 21.6 Å². The molecule has 30 heavy (non-hydrogen) atoms. The number of benzene rings is 1. The topological polar surface area (TPSA) is 127 Å². The van der Waals surface area contributed by atoms with Gasteiger partial charge in [-0.05, 0) is 24.6 Å². The molecule has 0 aliphatic rings. The lowest BCUT2D eigenvalue weighted by molar-refractivity contribution is 0.0946. The number of amides is 1. The van der Waals surface area contributed by atoms with Crippen molar-refractivity contribution in [1.29, 1.82) is 0 Å². The summed E-state index contributed by atoms with van der Waals surface area (Å²) in [5.74, 6) is -0.321. The summed E-state index contributed by atoms with van der Waals surface area (Å²) in [6.45, 7) is 2.27. The van der Waals surface area contributed by atoms with Crippen molar-refractivity contribution in [3.8, 4) is 0 Å². The molecule has 1 aromatic carbocycles. The Kier molecular flexibility index (Phi) is 6.08. The van der Waals surface area contributed by atoms with Gasteiger partial charge < -0.3 is 5.32 Å². The van der Waals surface area contributed by atoms with Gasteiger partial charge in [0.2, 0.25) is 10.9 Å². The third-order valence-electron chi connectivity index (χ3n) is 4.31. The summed E-state index contributed by atoms with van der Waals surface area (Å²) in [7, 11) is -2.88. The summed E-state index contributed by atoms with van der Waals surface area (Å²) in [5.41, 5.74) is 2.80. The summed E-state index contributed by atoms with van der Waals surface area (Å²) in [6, 6.07) is 7.94. The molecule has 3 heterocycles. The number of fused-ring (bicyclic) bond motifs is 1. The second kappa shape index (κ2) is 8.92. The van der Waals surface area contributed by atoms with Gasteiger partial charge in [0.25, 0.3) is 5.91 Å². The first-order valence-corrected chi connectivity index (χ1v) is 11.5. The minimum atomic E-state index is -2.88. The second-order valence-corrected chi connectivity index (χ2v) is 8.92. The molecular weight excluding hydrogens is 444 g/mol. The van der Waals surface area contributed by atoms with Crippen molar-refractivity contribution in [2.75, 3.05) is 0 Å². The van der Waals surface area contributed by atoms with Gasteiger partial charge in [0.15, 0.2) is 0 Å². The van der Waals surface area contributed by atoms with Gasteiger partial charge in [-0.15, -0.1) is 11.3 Å². The smallest absolute Gasteiger partial charge is 0.270 e. The minimum absolute atomic E-state index is 0.235. The molecule has 1 atom stereocenters. The molecule has 0 aliphatic heterocycles. The van der Waals surface area contributed by atoms with Gasteiger partial charge in [0.1, 0.15) is 16.7 Å². The average Bonchev–Trinajstić information content (AvgIpc) is 3.39. The maximum absolute atomic E-state index is 12.4. The Balaban J connectivity index is 1.56. The largest absolute Gasteiger partial charge is 0.346 e. The molecule has 0 bridgehead atoms. The molecule has 0 spiro atoms. The van der Waals surface area contributed by atoms with Crippen molar-refractivity contribution in [3.05, 3.63) is 69.4 Å². The molecule has 12 heteroatoms.